The summed E-state index contributed by atoms with van der Waals surface area (Å²) >= 11 is 0. The molecular formula is C15H25N3O2. The van der Waals surface area contributed by atoms with Crippen molar-refractivity contribution in [1.82, 2.24) is 5.32 Å². The van der Waals surface area contributed by atoms with E-state index >= 15 is 0 Å². The molecule has 0 aliphatic carbocycles. The van der Waals surface area contributed by atoms with Crippen molar-refractivity contribution in [1.29, 1.82) is 0 Å². The summed E-state index contributed by atoms with van der Waals surface area (Å²) < 4.78 is 0. The van der Waals surface area contributed by atoms with Gasteiger partial charge in [-0.1, -0.05) is 13.3 Å². The van der Waals surface area contributed by atoms with Crippen molar-refractivity contribution in [3.63, 3.8) is 0 Å². The molecule has 1 aromatic rings. The van der Waals surface area contributed by atoms with Crippen molar-refractivity contribution in [3.05, 3.63) is 23.8 Å². The minimum atomic E-state index is -0.789. The standard InChI is InChI=1S/C15H25N3O2/c1-4-8-15(3,20)10-18-13-9-11(6-7-12(13)16)14(19)17-5-2/h6-7,9,18,20H,4-5,8,10,16H2,1-3H3,(H,17,19). The molecule has 0 aliphatic heterocycles. The first-order chi connectivity index (χ1) is 9.39. The van der Waals surface area contributed by atoms with Gasteiger partial charge in [-0.3, -0.25) is 4.79 Å². The van der Waals surface area contributed by atoms with Crippen LogP contribution in [-0.2, 0) is 0 Å². The molecule has 1 aromatic carbocycles. The lowest BCUT2D eigenvalue weighted by Crippen LogP contribution is -2.33. The Morgan fingerprint density at radius 2 is 2.10 bits per heavy atom. The Morgan fingerprint density at radius 3 is 2.70 bits per heavy atom. The number of rotatable bonds is 7. The van der Waals surface area contributed by atoms with Crippen LogP contribution in [-0.4, -0.2) is 29.7 Å². The van der Waals surface area contributed by atoms with Crippen LogP contribution >= 0.6 is 0 Å². The van der Waals surface area contributed by atoms with Gasteiger partial charge >= 0.3 is 0 Å². The smallest absolute Gasteiger partial charge is 0.251 e. The highest BCUT2D eigenvalue weighted by Gasteiger charge is 2.19. The average molecular weight is 279 g/mol. The molecule has 0 aromatic heterocycles. The highest BCUT2D eigenvalue weighted by atomic mass is 16.3. The molecule has 20 heavy (non-hydrogen) atoms. The van der Waals surface area contributed by atoms with E-state index in [0.29, 0.717) is 36.4 Å². The highest BCUT2D eigenvalue weighted by molar-refractivity contribution is 5.96. The first-order valence-corrected chi connectivity index (χ1v) is 7.03. The third kappa shape index (κ3) is 4.74. The summed E-state index contributed by atoms with van der Waals surface area (Å²) in [6.45, 7) is 6.66. The number of hydrogen-bond acceptors (Lipinski definition) is 4. The second-order valence-electron chi connectivity index (χ2n) is 5.26. The van der Waals surface area contributed by atoms with Gasteiger partial charge in [0.05, 0.1) is 17.0 Å². The summed E-state index contributed by atoms with van der Waals surface area (Å²) in [7, 11) is 0. The van der Waals surface area contributed by atoms with Crippen molar-refractivity contribution in [2.75, 3.05) is 24.1 Å². The van der Waals surface area contributed by atoms with Gasteiger partial charge in [0.1, 0.15) is 0 Å². The molecule has 5 N–H and O–H groups in total. The number of benzene rings is 1. The number of nitrogens with one attached hydrogen (secondary N) is 2. The van der Waals surface area contributed by atoms with Gasteiger partial charge in [-0.2, -0.15) is 0 Å². The molecule has 0 radical (unpaired) electrons. The maximum atomic E-state index is 11.8. The zero-order valence-corrected chi connectivity index (χ0v) is 12.5. The molecule has 0 heterocycles. The van der Waals surface area contributed by atoms with Crippen LogP contribution in [0.2, 0.25) is 0 Å². The van der Waals surface area contributed by atoms with Crippen LogP contribution in [0.1, 0.15) is 44.0 Å². The van der Waals surface area contributed by atoms with Gasteiger partial charge in [0, 0.05) is 18.7 Å². The fraction of sp³-hybridized carbons (Fsp3) is 0.533. The monoisotopic (exact) mass is 279 g/mol. The fourth-order valence-corrected chi connectivity index (χ4v) is 2.03. The topological polar surface area (TPSA) is 87.4 Å². The second kappa shape index (κ2) is 7.14. The summed E-state index contributed by atoms with van der Waals surface area (Å²) in [5, 5.41) is 16.0. The Hall–Kier alpha value is -1.75. The average Bonchev–Trinajstić information content (AvgIpc) is 2.38. The van der Waals surface area contributed by atoms with Gasteiger partial charge in [0.25, 0.3) is 5.91 Å². The van der Waals surface area contributed by atoms with Crippen LogP contribution in [0.25, 0.3) is 0 Å². The van der Waals surface area contributed by atoms with E-state index in [1.54, 1.807) is 25.1 Å². The first-order valence-electron chi connectivity index (χ1n) is 7.03. The van der Waals surface area contributed by atoms with Crippen LogP contribution in [0, 0.1) is 0 Å². The van der Waals surface area contributed by atoms with Crippen molar-refractivity contribution in [2.24, 2.45) is 0 Å². The molecule has 0 saturated carbocycles. The molecule has 5 heteroatoms. The SMILES string of the molecule is CCCC(C)(O)CNc1cc(C(=O)NCC)ccc1N. The Morgan fingerprint density at radius 1 is 1.40 bits per heavy atom. The van der Waals surface area contributed by atoms with Crippen LogP contribution in [0.5, 0.6) is 0 Å². The van der Waals surface area contributed by atoms with Crippen LogP contribution in [0.3, 0.4) is 0 Å². The second-order valence-corrected chi connectivity index (χ2v) is 5.26. The third-order valence-corrected chi connectivity index (χ3v) is 3.10. The third-order valence-electron chi connectivity index (χ3n) is 3.10. The Labute approximate surface area is 120 Å². The maximum absolute atomic E-state index is 11.8. The minimum Gasteiger partial charge on any atom is -0.397 e. The predicted molar refractivity (Wildman–Crippen MR) is 82.9 cm³/mol. The molecule has 1 amide bonds. The lowest BCUT2D eigenvalue weighted by atomic mass is 10.0. The van der Waals surface area contributed by atoms with E-state index in [1.165, 1.54) is 0 Å². The Bertz CT molecular complexity index is 458. The number of carbonyl (C=O) groups excluding carboxylic acids is 1. The van der Waals surface area contributed by atoms with Crippen LogP contribution < -0.4 is 16.4 Å². The quantitative estimate of drug-likeness (QED) is 0.575. The first kappa shape index (κ1) is 16.3. The summed E-state index contributed by atoms with van der Waals surface area (Å²) in [6.07, 6.45) is 1.61. The van der Waals surface area contributed by atoms with Gasteiger partial charge in [-0.25, -0.2) is 0 Å². The number of aliphatic hydroxyl groups is 1. The number of nitrogen functional groups attached to an aromatic ring is 1. The summed E-state index contributed by atoms with van der Waals surface area (Å²) in [4.78, 5) is 11.8. The van der Waals surface area contributed by atoms with E-state index < -0.39 is 5.60 Å². The zero-order valence-electron chi connectivity index (χ0n) is 12.5. The molecule has 112 valence electrons. The van der Waals surface area contributed by atoms with Crippen LogP contribution in [0.15, 0.2) is 18.2 Å². The number of anilines is 2. The summed E-state index contributed by atoms with van der Waals surface area (Å²) in [5.74, 6) is -0.129. The number of carbonyl (C=O) groups is 1. The van der Waals surface area contributed by atoms with Crippen molar-refractivity contribution < 1.29 is 9.90 Å². The summed E-state index contributed by atoms with van der Waals surface area (Å²) in [6, 6.07) is 5.10. The molecule has 1 atom stereocenters. The largest absolute Gasteiger partial charge is 0.397 e. The van der Waals surface area contributed by atoms with Gasteiger partial charge in [-0.05, 0) is 38.5 Å². The van der Waals surface area contributed by atoms with Crippen molar-refractivity contribution in [3.8, 4) is 0 Å². The number of amides is 1. The molecule has 0 fully saturated rings. The molecular weight excluding hydrogens is 254 g/mol. The molecule has 1 unspecified atom stereocenters. The highest BCUT2D eigenvalue weighted by Crippen LogP contribution is 2.22. The van der Waals surface area contributed by atoms with Crippen molar-refractivity contribution >= 4 is 17.3 Å². The fourth-order valence-electron chi connectivity index (χ4n) is 2.03. The van der Waals surface area contributed by atoms with Gasteiger partial charge in [0.2, 0.25) is 0 Å². The van der Waals surface area contributed by atoms with E-state index in [0.717, 1.165) is 6.42 Å². The van der Waals surface area contributed by atoms with Crippen molar-refractivity contribution in [2.45, 2.75) is 39.2 Å². The normalized spacial score (nSPS) is 13.6. The van der Waals surface area contributed by atoms with Gasteiger partial charge in [-0.15, -0.1) is 0 Å². The molecule has 0 saturated heterocycles. The Kier molecular flexibility index (Phi) is 5.82. The van der Waals surface area contributed by atoms with E-state index in [9.17, 15) is 9.90 Å². The van der Waals surface area contributed by atoms with E-state index in [2.05, 4.69) is 10.6 Å². The Balaban J connectivity index is 2.79. The summed E-state index contributed by atoms with van der Waals surface area (Å²) in [5.41, 5.74) is 6.89. The van der Waals surface area contributed by atoms with E-state index in [1.807, 2.05) is 13.8 Å². The number of nitrogens with two attached hydrogens (primary N) is 1. The lowest BCUT2D eigenvalue weighted by Gasteiger charge is -2.24. The molecule has 0 spiro atoms. The molecule has 0 bridgehead atoms. The van der Waals surface area contributed by atoms with Crippen LogP contribution in [0.4, 0.5) is 11.4 Å². The number of hydrogen-bond donors (Lipinski definition) is 4. The van der Waals surface area contributed by atoms with E-state index in [4.69, 9.17) is 5.73 Å². The van der Waals surface area contributed by atoms with Gasteiger partial charge in [0.15, 0.2) is 0 Å². The molecule has 1 rings (SSSR count). The maximum Gasteiger partial charge on any atom is 0.251 e. The zero-order chi connectivity index (χ0) is 15.2. The molecule has 0 aliphatic rings. The predicted octanol–water partition coefficient (Wildman–Crippen LogP) is 1.98. The molecule has 5 nitrogen and oxygen atoms in total. The van der Waals surface area contributed by atoms with Gasteiger partial charge < -0.3 is 21.5 Å². The van der Waals surface area contributed by atoms with E-state index in [-0.39, 0.29) is 5.91 Å². The lowest BCUT2D eigenvalue weighted by molar-refractivity contribution is 0.0637. The minimum absolute atomic E-state index is 0.129.